The van der Waals surface area contributed by atoms with E-state index in [0.29, 0.717) is 11.1 Å². The zero-order valence-corrected chi connectivity index (χ0v) is 11.5. The minimum Gasteiger partial charge on any atom is -0.308 e. The number of hydrogen-bond acceptors (Lipinski definition) is 2. The van der Waals surface area contributed by atoms with Crippen LogP contribution in [0.5, 0.6) is 0 Å². The highest BCUT2D eigenvalue weighted by Gasteiger charge is 2.49. The Morgan fingerprint density at radius 3 is 2.25 bits per heavy atom. The Kier molecular flexibility index (Phi) is 3.33. The Hall–Kier alpha value is -0.0800. The maximum absolute atomic E-state index is 3.82. The molecule has 2 nitrogen and oxygen atoms in total. The molecule has 1 N–H and O–H groups in total. The van der Waals surface area contributed by atoms with Gasteiger partial charge < -0.3 is 5.32 Å². The molecule has 0 amide bonds. The molecule has 1 atom stereocenters. The summed E-state index contributed by atoms with van der Waals surface area (Å²) in [6.45, 7) is 11.9. The standard InChI is InChI=1S/C14H28N2/c1-5-12-10-15-14(6-2,7-3)11-16(12)13(4)8-9-13/h12,15H,5-11H2,1-4H3. The minimum absolute atomic E-state index is 0.386. The van der Waals surface area contributed by atoms with Gasteiger partial charge in [0.1, 0.15) is 0 Å². The van der Waals surface area contributed by atoms with Crippen molar-refractivity contribution in [2.45, 2.75) is 76.9 Å². The fraction of sp³-hybridized carbons (Fsp3) is 1.00. The summed E-state index contributed by atoms with van der Waals surface area (Å²) in [4.78, 5) is 2.82. The molecule has 1 saturated carbocycles. The van der Waals surface area contributed by atoms with Gasteiger partial charge in [-0.15, -0.1) is 0 Å². The van der Waals surface area contributed by atoms with E-state index in [9.17, 15) is 0 Å². The van der Waals surface area contributed by atoms with E-state index in [1.165, 1.54) is 45.2 Å². The molecule has 0 aromatic carbocycles. The van der Waals surface area contributed by atoms with E-state index in [4.69, 9.17) is 0 Å². The van der Waals surface area contributed by atoms with Crippen LogP contribution in [0.25, 0.3) is 0 Å². The van der Waals surface area contributed by atoms with Crippen molar-refractivity contribution in [3.05, 3.63) is 0 Å². The fourth-order valence-corrected chi connectivity index (χ4v) is 3.14. The molecule has 1 aliphatic carbocycles. The molecule has 0 aromatic heterocycles. The summed E-state index contributed by atoms with van der Waals surface area (Å²) in [5.41, 5.74) is 0.926. The van der Waals surface area contributed by atoms with Crippen LogP contribution in [0.15, 0.2) is 0 Å². The molecule has 94 valence electrons. The van der Waals surface area contributed by atoms with E-state index in [0.717, 1.165) is 6.04 Å². The Balaban J connectivity index is 2.12. The quantitative estimate of drug-likeness (QED) is 0.790. The summed E-state index contributed by atoms with van der Waals surface area (Å²) in [7, 11) is 0. The zero-order chi connectivity index (χ0) is 11.8. The van der Waals surface area contributed by atoms with Crippen LogP contribution >= 0.6 is 0 Å². The van der Waals surface area contributed by atoms with Crippen LogP contribution < -0.4 is 5.32 Å². The first-order chi connectivity index (χ1) is 7.59. The molecule has 2 rings (SSSR count). The summed E-state index contributed by atoms with van der Waals surface area (Å²) in [5.74, 6) is 0. The Labute approximate surface area is 101 Å². The van der Waals surface area contributed by atoms with Gasteiger partial charge in [-0.1, -0.05) is 20.8 Å². The predicted octanol–water partition coefficient (Wildman–Crippen LogP) is 2.78. The van der Waals surface area contributed by atoms with Gasteiger partial charge in [0.25, 0.3) is 0 Å². The highest BCUT2D eigenvalue weighted by Crippen LogP contribution is 2.44. The normalized spacial score (nSPS) is 32.6. The average Bonchev–Trinajstić information content (AvgIpc) is 3.08. The summed E-state index contributed by atoms with van der Waals surface area (Å²) in [6.07, 6.45) is 6.62. The number of rotatable bonds is 4. The van der Waals surface area contributed by atoms with Gasteiger partial charge in [0.05, 0.1) is 0 Å². The van der Waals surface area contributed by atoms with Crippen molar-refractivity contribution in [2.75, 3.05) is 13.1 Å². The van der Waals surface area contributed by atoms with Crippen molar-refractivity contribution in [3.8, 4) is 0 Å². The first-order valence-corrected chi connectivity index (χ1v) is 7.11. The summed E-state index contributed by atoms with van der Waals surface area (Å²) in [5, 5.41) is 3.82. The SMILES string of the molecule is CCC1CNC(CC)(CC)CN1C1(C)CC1. The smallest absolute Gasteiger partial charge is 0.0304 e. The van der Waals surface area contributed by atoms with Crippen LogP contribution in [0.1, 0.15) is 59.8 Å². The monoisotopic (exact) mass is 224 g/mol. The van der Waals surface area contributed by atoms with Crippen LogP contribution in [0.4, 0.5) is 0 Å². The van der Waals surface area contributed by atoms with Gasteiger partial charge in [-0.05, 0) is 39.0 Å². The lowest BCUT2D eigenvalue weighted by Crippen LogP contribution is -2.66. The van der Waals surface area contributed by atoms with E-state index in [-0.39, 0.29) is 0 Å². The molecule has 2 fully saturated rings. The van der Waals surface area contributed by atoms with Crippen LogP contribution in [0.2, 0.25) is 0 Å². The van der Waals surface area contributed by atoms with Gasteiger partial charge in [-0.3, -0.25) is 4.90 Å². The molecule has 1 aliphatic heterocycles. The molecular weight excluding hydrogens is 196 g/mol. The molecule has 1 saturated heterocycles. The first kappa shape index (κ1) is 12.4. The lowest BCUT2D eigenvalue weighted by Gasteiger charge is -2.50. The molecule has 2 heteroatoms. The minimum atomic E-state index is 0.386. The Morgan fingerprint density at radius 1 is 1.19 bits per heavy atom. The largest absolute Gasteiger partial charge is 0.308 e. The van der Waals surface area contributed by atoms with Gasteiger partial charge >= 0.3 is 0 Å². The number of hydrogen-bond donors (Lipinski definition) is 1. The van der Waals surface area contributed by atoms with E-state index in [1.807, 2.05) is 0 Å². The molecule has 16 heavy (non-hydrogen) atoms. The van der Waals surface area contributed by atoms with Crippen LogP contribution in [-0.4, -0.2) is 35.1 Å². The number of piperazine rings is 1. The Morgan fingerprint density at radius 2 is 1.81 bits per heavy atom. The second-order valence-electron chi connectivity index (χ2n) is 6.06. The number of nitrogens with zero attached hydrogens (tertiary/aromatic N) is 1. The van der Waals surface area contributed by atoms with E-state index < -0.39 is 0 Å². The molecule has 0 aromatic rings. The van der Waals surface area contributed by atoms with Gasteiger partial charge in [0.2, 0.25) is 0 Å². The molecule has 0 bridgehead atoms. The summed E-state index contributed by atoms with van der Waals surface area (Å²) < 4.78 is 0. The van der Waals surface area contributed by atoms with Gasteiger partial charge in [-0.2, -0.15) is 0 Å². The summed E-state index contributed by atoms with van der Waals surface area (Å²) in [6, 6.07) is 0.763. The molecule has 1 unspecified atom stereocenters. The van der Waals surface area contributed by atoms with Crippen molar-refractivity contribution in [2.24, 2.45) is 0 Å². The summed E-state index contributed by atoms with van der Waals surface area (Å²) >= 11 is 0. The topological polar surface area (TPSA) is 15.3 Å². The van der Waals surface area contributed by atoms with Gasteiger partial charge in [-0.25, -0.2) is 0 Å². The maximum Gasteiger partial charge on any atom is 0.0304 e. The van der Waals surface area contributed by atoms with E-state index in [1.54, 1.807) is 0 Å². The van der Waals surface area contributed by atoms with E-state index in [2.05, 4.69) is 37.9 Å². The highest BCUT2D eigenvalue weighted by molar-refractivity contribution is 5.08. The highest BCUT2D eigenvalue weighted by atomic mass is 15.3. The molecular formula is C14H28N2. The lowest BCUT2D eigenvalue weighted by atomic mass is 9.87. The second-order valence-corrected chi connectivity index (χ2v) is 6.06. The number of nitrogens with one attached hydrogen (secondary N) is 1. The first-order valence-electron chi connectivity index (χ1n) is 7.11. The maximum atomic E-state index is 3.82. The van der Waals surface area contributed by atoms with Gasteiger partial charge in [0, 0.05) is 30.2 Å². The van der Waals surface area contributed by atoms with Crippen molar-refractivity contribution < 1.29 is 0 Å². The second kappa shape index (κ2) is 4.30. The van der Waals surface area contributed by atoms with Crippen LogP contribution in [0, 0.1) is 0 Å². The van der Waals surface area contributed by atoms with Crippen molar-refractivity contribution >= 4 is 0 Å². The van der Waals surface area contributed by atoms with E-state index >= 15 is 0 Å². The van der Waals surface area contributed by atoms with Crippen molar-refractivity contribution in [3.63, 3.8) is 0 Å². The zero-order valence-electron chi connectivity index (χ0n) is 11.5. The van der Waals surface area contributed by atoms with Crippen LogP contribution in [-0.2, 0) is 0 Å². The third-order valence-corrected chi connectivity index (χ3v) is 5.12. The average molecular weight is 224 g/mol. The molecule has 2 aliphatic rings. The molecule has 0 radical (unpaired) electrons. The van der Waals surface area contributed by atoms with Crippen molar-refractivity contribution in [1.29, 1.82) is 0 Å². The van der Waals surface area contributed by atoms with Crippen LogP contribution in [0.3, 0.4) is 0 Å². The third-order valence-electron chi connectivity index (χ3n) is 5.12. The third kappa shape index (κ3) is 2.02. The molecule has 0 spiro atoms. The van der Waals surface area contributed by atoms with Crippen molar-refractivity contribution in [1.82, 2.24) is 10.2 Å². The Bertz CT molecular complexity index is 241. The van der Waals surface area contributed by atoms with Gasteiger partial charge in [0.15, 0.2) is 0 Å². The lowest BCUT2D eigenvalue weighted by molar-refractivity contribution is 0.0304. The fourth-order valence-electron chi connectivity index (χ4n) is 3.14. The molecule has 1 heterocycles. The predicted molar refractivity (Wildman–Crippen MR) is 69.7 cm³/mol.